The highest BCUT2D eigenvalue weighted by Crippen LogP contribution is 1.66. The van der Waals surface area contributed by atoms with Gasteiger partial charge in [0.25, 0.3) is 0 Å². The van der Waals surface area contributed by atoms with Crippen molar-refractivity contribution >= 4 is 0 Å². The Hall–Kier alpha value is -0.800. The van der Waals surface area contributed by atoms with Crippen molar-refractivity contribution in [1.82, 2.24) is 5.43 Å². The first-order valence-corrected chi connectivity index (χ1v) is 2.15. The molecule has 7 heavy (non-hydrogen) atoms. The van der Waals surface area contributed by atoms with E-state index in [-0.39, 0.29) is 0 Å². The van der Waals surface area contributed by atoms with Crippen LogP contribution in [0.2, 0.25) is 0 Å². The van der Waals surface area contributed by atoms with Crippen molar-refractivity contribution in [2.24, 2.45) is 0 Å². The molecule has 0 saturated heterocycles. The van der Waals surface area contributed by atoms with Crippen LogP contribution in [0.15, 0.2) is 0 Å². The van der Waals surface area contributed by atoms with E-state index in [0.717, 1.165) is 6.42 Å². The minimum atomic E-state index is -0.538. The Balaban J connectivity index is 2.82. The molecule has 4 nitrogen and oxygen atoms in total. The first-order chi connectivity index (χ1) is 3.27. The Morgan fingerprint density at radius 1 is 1.86 bits per heavy atom. The quantitative estimate of drug-likeness (QED) is 0.410. The average molecular weight is 104 g/mol. The van der Waals surface area contributed by atoms with Gasteiger partial charge in [0.15, 0.2) is 5.03 Å². The van der Waals surface area contributed by atoms with Crippen LogP contribution in [0.5, 0.6) is 0 Å². The molecule has 0 unspecified atom stereocenters. The standard InChI is InChI=1S/C3H8N2O2/c1-2-3-4-5(6)7/h4H,2-3H2,1H3. The molecule has 4 heteroatoms. The lowest BCUT2D eigenvalue weighted by atomic mass is 10.5. The Morgan fingerprint density at radius 3 is 2.57 bits per heavy atom. The van der Waals surface area contributed by atoms with Gasteiger partial charge in [0.1, 0.15) is 0 Å². The van der Waals surface area contributed by atoms with Gasteiger partial charge in [-0.15, -0.1) is 5.43 Å². The summed E-state index contributed by atoms with van der Waals surface area (Å²) in [4.78, 5) is 9.45. The molecule has 0 aliphatic heterocycles. The molecule has 0 atom stereocenters. The van der Waals surface area contributed by atoms with Gasteiger partial charge in [0.2, 0.25) is 0 Å². The van der Waals surface area contributed by atoms with Gasteiger partial charge in [-0.2, -0.15) is 0 Å². The van der Waals surface area contributed by atoms with E-state index >= 15 is 0 Å². The summed E-state index contributed by atoms with van der Waals surface area (Å²) in [6.07, 6.45) is 0.793. The molecular weight excluding hydrogens is 96.0 g/mol. The summed E-state index contributed by atoms with van der Waals surface area (Å²) in [5.74, 6) is 0. The number of hydrazine groups is 1. The van der Waals surface area contributed by atoms with Crippen LogP contribution in [0.3, 0.4) is 0 Å². The summed E-state index contributed by atoms with van der Waals surface area (Å²) in [6, 6.07) is 0. The fourth-order valence-corrected chi connectivity index (χ4v) is 0.203. The molecule has 0 rings (SSSR count). The van der Waals surface area contributed by atoms with Gasteiger partial charge in [-0.05, 0) is 6.42 Å². The molecule has 0 radical (unpaired) electrons. The van der Waals surface area contributed by atoms with E-state index in [9.17, 15) is 10.1 Å². The van der Waals surface area contributed by atoms with E-state index in [1.165, 1.54) is 0 Å². The second-order valence-corrected chi connectivity index (χ2v) is 1.17. The molecule has 0 fully saturated rings. The minimum absolute atomic E-state index is 0.451. The van der Waals surface area contributed by atoms with Crippen LogP contribution in [0.25, 0.3) is 0 Å². The largest absolute Gasteiger partial charge is 0.235 e. The van der Waals surface area contributed by atoms with E-state index < -0.39 is 5.03 Å². The second-order valence-electron chi connectivity index (χ2n) is 1.17. The van der Waals surface area contributed by atoms with E-state index in [1.807, 2.05) is 12.3 Å². The lowest BCUT2D eigenvalue weighted by molar-refractivity contribution is -0.544. The topological polar surface area (TPSA) is 55.2 Å². The van der Waals surface area contributed by atoms with Crippen LogP contribution < -0.4 is 5.43 Å². The highest BCUT2D eigenvalue weighted by atomic mass is 16.7. The normalized spacial score (nSPS) is 8.14. The number of hydrogen-bond donors (Lipinski definition) is 1. The van der Waals surface area contributed by atoms with Gasteiger partial charge in [0.05, 0.1) is 6.54 Å². The Labute approximate surface area is 41.6 Å². The zero-order valence-corrected chi connectivity index (χ0v) is 4.18. The molecule has 0 aromatic carbocycles. The highest BCUT2D eigenvalue weighted by molar-refractivity contribution is 4.24. The third kappa shape index (κ3) is 5.20. The molecule has 0 spiro atoms. The molecule has 0 bridgehead atoms. The van der Waals surface area contributed by atoms with E-state index in [0.29, 0.717) is 6.54 Å². The van der Waals surface area contributed by atoms with Crippen molar-refractivity contribution in [2.75, 3.05) is 6.54 Å². The van der Waals surface area contributed by atoms with Gasteiger partial charge in [-0.1, -0.05) is 6.92 Å². The second kappa shape index (κ2) is 3.39. The molecule has 42 valence electrons. The third-order valence-corrected chi connectivity index (χ3v) is 0.491. The lowest BCUT2D eigenvalue weighted by Crippen LogP contribution is -2.21. The first kappa shape index (κ1) is 6.20. The summed E-state index contributed by atoms with van der Waals surface area (Å²) < 4.78 is 0. The molecule has 0 saturated carbocycles. The Kier molecular flexibility index (Phi) is 3.00. The maximum atomic E-state index is 9.45. The molecule has 0 aromatic heterocycles. The fraction of sp³-hybridized carbons (Fsp3) is 1.00. The number of nitro groups is 1. The van der Waals surface area contributed by atoms with Gasteiger partial charge >= 0.3 is 0 Å². The molecule has 0 amide bonds. The Bertz CT molecular complexity index is 64.0. The molecule has 0 aliphatic carbocycles. The van der Waals surface area contributed by atoms with Crippen molar-refractivity contribution in [3.8, 4) is 0 Å². The van der Waals surface area contributed by atoms with Crippen molar-refractivity contribution in [2.45, 2.75) is 13.3 Å². The van der Waals surface area contributed by atoms with Crippen molar-refractivity contribution < 1.29 is 5.03 Å². The number of nitrogens with one attached hydrogen (secondary N) is 1. The van der Waals surface area contributed by atoms with Crippen LogP contribution in [0, 0.1) is 10.1 Å². The van der Waals surface area contributed by atoms with Crippen LogP contribution in [-0.2, 0) is 0 Å². The molecule has 0 aromatic rings. The molecule has 1 N–H and O–H groups in total. The SMILES string of the molecule is CCCN[N+](=O)[O-]. The predicted molar refractivity (Wildman–Crippen MR) is 25.3 cm³/mol. The summed E-state index contributed by atoms with van der Waals surface area (Å²) in [7, 11) is 0. The zero-order valence-electron chi connectivity index (χ0n) is 4.18. The first-order valence-electron chi connectivity index (χ1n) is 2.15. The maximum absolute atomic E-state index is 9.45. The predicted octanol–water partition coefficient (Wildman–Crippen LogP) is 0.178. The number of hydrogen-bond acceptors (Lipinski definition) is 2. The molecular formula is C3H8N2O2. The fourth-order valence-electron chi connectivity index (χ4n) is 0.203. The van der Waals surface area contributed by atoms with Crippen molar-refractivity contribution in [3.05, 3.63) is 10.1 Å². The Morgan fingerprint density at radius 2 is 2.43 bits per heavy atom. The monoisotopic (exact) mass is 104 g/mol. The zero-order chi connectivity index (χ0) is 5.70. The van der Waals surface area contributed by atoms with Crippen molar-refractivity contribution in [1.29, 1.82) is 0 Å². The summed E-state index contributed by atoms with van der Waals surface area (Å²) >= 11 is 0. The van der Waals surface area contributed by atoms with E-state index in [2.05, 4.69) is 0 Å². The van der Waals surface area contributed by atoms with Crippen LogP contribution in [0.4, 0.5) is 0 Å². The molecule has 0 aliphatic rings. The van der Waals surface area contributed by atoms with Crippen LogP contribution >= 0.6 is 0 Å². The van der Waals surface area contributed by atoms with E-state index in [1.54, 1.807) is 0 Å². The number of nitrogens with zero attached hydrogens (tertiary/aromatic N) is 1. The van der Waals surface area contributed by atoms with Crippen molar-refractivity contribution in [3.63, 3.8) is 0 Å². The van der Waals surface area contributed by atoms with E-state index in [4.69, 9.17) is 0 Å². The summed E-state index contributed by atoms with van der Waals surface area (Å²) in [6.45, 7) is 2.32. The summed E-state index contributed by atoms with van der Waals surface area (Å²) in [5, 5.41) is 8.91. The summed E-state index contributed by atoms with van der Waals surface area (Å²) in [5.41, 5.74) is 2.02. The van der Waals surface area contributed by atoms with Gasteiger partial charge in [0, 0.05) is 0 Å². The van der Waals surface area contributed by atoms with Crippen LogP contribution in [0.1, 0.15) is 13.3 Å². The smallest absolute Gasteiger partial charge is 0.157 e. The molecule has 0 heterocycles. The highest BCUT2D eigenvalue weighted by Gasteiger charge is 1.85. The minimum Gasteiger partial charge on any atom is -0.235 e. The van der Waals surface area contributed by atoms with Gasteiger partial charge in [-0.25, -0.2) is 10.1 Å². The van der Waals surface area contributed by atoms with Gasteiger partial charge < -0.3 is 0 Å². The number of rotatable bonds is 3. The third-order valence-electron chi connectivity index (χ3n) is 0.491. The average Bonchev–Trinajstić information content (AvgIpc) is 1.61. The lowest BCUT2D eigenvalue weighted by Gasteiger charge is -1.88. The van der Waals surface area contributed by atoms with Gasteiger partial charge in [-0.3, -0.25) is 0 Å². The van der Waals surface area contributed by atoms with Crippen LogP contribution in [-0.4, -0.2) is 11.6 Å². The maximum Gasteiger partial charge on any atom is 0.157 e.